The number of para-hydroxylation sites is 2. The number of pyridine rings is 1. The minimum Gasteiger partial charge on any atom is -0.379 e. The highest BCUT2D eigenvalue weighted by atomic mass is 16.5. The number of nitrogens with two attached hydrogens (primary N) is 1. The van der Waals surface area contributed by atoms with E-state index in [9.17, 15) is 4.79 Å². The molecule has 2 aliphatic heterocycles. The number of primary amides is 1. The van der Waals surface area contributed by atoms with Crippen molar-refractivity contribution in [3.63, 3.8) is 0 Å². The van der Waals surface area contributed by atoms with Crippen molar-refractivity contribution in [2.24, 2.45) is 10.7 Å². The number of hydrogen-bond donors (Lipinski definition) is 1. The van der Waals surface area contributed by atoms with E-state index in [4.69, 9.17) is 20.4 Å². The Balaban J connectivity index is 1.51. The van der Waals surface area contributed by atoms with Crippen LogP contribution in [-0.2, 0) is 4.74 Å². The van der Waals surface area contributed by atoms with Crippen LogP contribution in [0.4, 0.5) is 17.2 Å². The number of benzene rings is 2. The minimum absolute atomic E-state index is 0.441. The molecule has 3 heterocycles. The molecule has 2 aliphatic rings. The third-order valence-corrected chi connectivity index (χ3v) is 6.10. The summed E-state index contributed by atoms with van der Waals surface area (Å²) in [6.07, 6.45) is 2.84. The van der Waals surface area contributed by atoms with Crippen LogP contribution in [0.1, 0.15) is 27.9 Å². The highest BCUT2D eigenvalue weighted by molar-refractivity contribution is 6.18. The molecule has 0 unspecified atom stereocenters. The summed E-state index contributed by atoms with van der Waals surface area (Å²) in [5.74, 6) is 0.449. The second-order valence-electron chi connectivity index (χ2n) is 8.22. The molecule has 1 fully saturated rings. The van der Waals surface area contributed by atoms with Crippen LogP contribution in [-0.4, -0.2) is 60.9 Å². The highest BCUT2D eigenvalue weighted by Gasteiger charge is 2.25. The van der Waals surface area contributed by atoms with Crippen molar-refractivity contribution in [3.8, 4) is 0 Å². The van der Waals surface area contributed by atoms with Gasteiger partial charge >= 0.3 is 0 Å². The molecule has 1 saturated heterocycles. The molecule has 3 aromatic rings. The van der Waals surface area contributed by atoms with E-state index in [0.717, 1.165) is 79.8 Å². The number of nitrogens with zero attached hydrogens (tertiary/aromatic N) is 4. The van der Waals surface area contributed by atoms with Gasteiger partial charge in [-0.2, -0.15) is 0 Å². The van der Waals surface area contributed by atoms with Gasteiger partial charge in [0.25, 0.3) is 0 Å². The standard InChI is InChI=1S/C26H27N5O2/c27-25(32)20-10-8-19(9-11-20)24-21-5-3-12-28-26(21)31(23-7-2-1-6-22(23)29-24)14-4-13-30-15-17-33-18-16-30/h1-3,5-12H,4,13-18H2,(H2,27,32). The fraction of sp³-hybridized carbons (Fsp3) is 0.269. The first-order valence-corrected chi connectivity index (χ1v) is 11.3. The van der Waals surface area contributed by atoms with Gasteiger partial charge in [0.05, 0.1) is 30.3 Å². The van der Waals surface area contributed by atoms with Crippen molar-refractivity contribution in [2.75, 3.05) is 44.3 Å². The second-order valence-corrected chi connectivity index (χ2v) is 8.22. The number of morpholine rings is 1. The number of amides is 1. The van der Waals surface area contributed by atoms with Gasteiger partial charge < -0.3 is 15.4 Å². The average Bonchev–Trinajstić information content (AvgIpc) is 3.00. The molecule has 0 saturated carbocycles. The van der Waals surface area contributed by atoms with Crippen LogP contribution >= 0.6 is 0 Å². The molecule has 7 heteroatoms. The van der Waals surface area contributed by atoms with Crippen LogP contribution in [0, 0.1) is 0 Å². The van der Waals surface area contributed by atoms with Crippen LogP contribution in [0.25, 0.3) is 0 Å². The third-order valence-electron chi connectivity index (χ3n) is 6.10. The molecule has 2 aromatic carbocycles. The van der Waals surface area contributed by atoms with Crippen molar-refractivity contribution in [1.82, 2.24) is 9.88 Å². The van der Waals surface area contributed by atoms with Gasteiger partial charge in [0.1, 0.15) is 5.82 Å². The number of aliphatic imine (C=N–C) groups is 1. The summed E-state index contributed by atoms with van der Waals surface area (Å²) in [6, 6.07) is 19.5. The number of rotatable bonds is 6. The third kappa shape index (κ3) is 4.51. The Hall–Kier alpha value is -3.55. The van der Waals surface area contributed by atoms with Gasteiger partial charge in [0.2, 0.25) is 5.91 Å². The molecule has 0 atom stereocenters. The molecular formula is C26H27N5O2. The zero-order valence-corrected chi connectivity index (χ0v) is 18.5. The molecule has 1 amide bonds. The van der Waals surface area contributed by atoms with Gasteiger partial charge in [-0.1, -0.05) is 24.3 Å². The zero-order valence-electron chi connectivity index (χ0n) is 18.5. The normalized spacial score (nSPS) is 15.9. The summed E-state index contributed by atoms with van der Waals surface area (Å²) in [6.45, 7) is 5.44. The molecule has 33 heavy (non-hydrogen) atoms. The average molecular weight is 442 g/mol. The number of ether oxygens (including phenoxy) is 1. The van der Waals surface area contributed by atoms with Crippen LogP contribution in [0.2, 0.25) is 0 Å². The van der Waals surface area contributed by atoms with Crippen LogP contribution < -0.4 is 10.6 Å². The maximum Gasteiger partial charge on any atom is 0.248 e. The number of anilines is 2. The van der Waals surface area contributed by atoms with E-state index in [1.54, 1.807) is 12.1 Å². The lowest BCUT2D eigenvalue weighted by Crippen LogP contribution is -2.38. The number of carbonyl (C=O) groups excluding carboxylic acids is 1. The first-order chi connectivity index (χ1) is 16.2. The van der Waals surface area contributed by atoms with Gasteiger partial charge in [-0.05, 0) is 42.8 Å². The van der Waals surface area contributed by atoms with Crippen LogP contribution in [0.3, 0.4) is 0 Å². The number of hydrogen-bond acceptors (Lipinski definition) is 6. The van der Waals surface area contributed by atoms with E-state index in [0.29, 0.717) is 5.56 Å². The molecule has 0 aliphatic carbocycles. The smallest absolute Gasteiger partial charge is 0.248 e. The fourth-order valence-corrected chi connectivity index (χ4v) is 4.39. The van der Waals surface area contributed by atoms with Crippen molar-refractivity contribution >= 4 is 28.8 Å². The van der Waals surface area contributed by atoms with E-state index in [1.165, 1.54) is 0 Å². The summed E-state index contributed by atoms with van der Waals surface area (Å²) < 4.78 is 5.48. The number of aromatic nitrogens is 1. The van der Waals surface area contributed by atoms with Gasteiger partial charge in [-0.25, -0.2) is 9.98 Å². The van der Waals surface area contributed by atoms with E-state index >= 15 is 0 Å². The van der Waals surface area contributed by atoms with E-state index in [2.05, 4.69) is 21.9 Å². The van der Waals surface area contributed by atoms with E-state index < -0.39 is 5.91 Å². The summed E-state index contributed by atoms with van der Waals surface area (Å²) in [7, 11) is 0. The number of carbonyl (C=O) groups is 1. The van der Waals surface area contributed by atoms with Gasteiger partial charge in [-0.3, -0.25) is 9.69 Å². The number of fused-ring (bicyclic) bond motifs is 2. The SMILES string of the molecule is NC(=O)c1ccc(C2=Nc3ccccc3N(CCCN3CCOCC3)c3ncccc32)cc1. The van der Waals surface area contributed by atoms with Crippen molar-refractivity contribution in [1.29, 1.82) is 0 Å². The molecule has 0 bridgehead atoms. The lowest BCUT2D eigenvalue weighted by molar-refractivity contribution is 0.0377. The van der Waals surface area contributed by atoms with Gasteiger partial charge in [0.15, 0.2) is 0 Å². The maximum absolute atomic E-state index is 11.5. The minimum atomic E-state index is -0.441. The zero-order chi connectivity index (χ0) is 22.6. The Labute approximate surface area is 193 Å². The highest BCUT2D eigenvalue weighted by Crippen LogP contribution is 2.39. The summed E-state index contributed by atoms with van der Waals surface area (Å²) >= 11 is 0. The first kappa shape index (κ1) is 21.3. The molecule has 5 rings (SSSR count). The Morgan fingerprint density at radius 1 is 0.970 bits per heavy atom. The Morgan fingerprint density at radius 3 is 2.55 bits per heavy atom. The van der Waals surface area contributed by atoms with Crippen molar-refractivity contribution in [3.05, 3.63) is 83.6 Å². The predicted octanol–water partition coefficient (Wildman–Crippen LogP) is 3.52. The van der Waals surface area contributed by atoms with Gasteiger partial charge in [0, 0.05) is 49.1 Å². The van der Waals surface area contributed by atoms with E-state index in [1.807, 2.05) is 42.6 Å². The lowest BCUT2D eigenvalue weighted by atomic mass is 10.0. The first-order valence-electron chi connectivity index (χ1n) is 11.3. The fourth-order valence-electron chi connectivity index (χ4n) is 4.39. The monoisotopic (exact) mass is 441 g/mol. The summed E-state index contributed by atoms with van der Waals surface area (Å²) in [5, 5.41) is 0. The second kappa shape index (κ2) is 9.52. The molecule has 0 radical (unpaired) electrons. The molecule has 2 N–H and O–H groups in total. The Kier molecular flexibility index (Phi) is 6.15. The predicted molar refractivity (Wildman–Crippen MR) is 130 cm³/mol. The largest absolute Gasteiger partial charge is 0.379 e. The topological polar surface area (TPSA) is 84.1 Å². The molecule has 1 aromatic heterocycles. The quantitative estimate of drug-likeness (QED) is 0.633. The molecule has 0 spiro atoms. The van der Waals surface area contributed by atoms with Gasteiger partial charge in [-0.15, -0.1) is 0 Å². The summed E-state index contributed by atoms with van der Waals surface area (Å²) in [4.78, 5) is 26.1. The lowest BCUT2D eigenvalue weighted by Gasteiger charge is -2.29. The van der Waals surface area contributed by atoms with Crippen molar-refractivity contribution < 1.29 is 9.53 Å². The van der Waals surface area contributed by atoms with E-state index in [-0.39, 0.29) is 0 Å². The van der Waals surface area contributed by atoms with Crippen LogP contribution in [0.5, 0.6) is 0 Å². The Morgan fingerprint density at radius 2 is 1.76 bits per heavy atom. The van der Waals surface area contributed by atoms with Crippen LogP contribution in [0.15, 0.2) is 71.9 Å². The Bertz CT molecular complexity index is 1170. The maximum atomic E-state index is 11.5. The summed E-state index contributed by atoms with van der Waals surface area (Å²) in [5.41, 5.74) is 10.6. The van der Waals surface area contributed by atoms with Crippen molar-refractivity contribution in [2.45, 2.75) is 6.42 Å². The molecule has 7 nitrogen and oxygen atoms in total. The molecular weight excluding hydrogens is 414 g/mol. The molecule has 168 valence electrons.